The molecule has 7 heteroatoms. The Morgan fingerprint density at radius 1 is 1.53 bits per heavy atom. The predicted molar refractivity (Wildman–Crippen MR) is 71.6 cm³/mol. The van der Waals surface area contributed by atoms with Crippen LogP contribution in [-0.2, 0) is 9.53 Å². The van der Waals surface area contributed by atoms with Crippen molar-refractivity contribution in [3.05, 3.63) is 0 Å². The van der Waals surface area contributed by atoms with E-state index in [1.54, 1.807) is 6.92 Å². The van der Waals surface area contributed by atoms with Crippen LogP contribution in [0.25, 0.3) is 0 Å². The molecule has 7 nitrogen and oxygen atoms in total. The van der Waals surface area contributed by atoms with E-state index >= 15 is 0 Å². The molecule has 0 aromatic heterocycles. The maximum absolute atomic E-state index is 11.9. The number of carbonyl (C=O) groups excluding carboxylic acids is 2. The lowest BCUT2D eigenvalue weighted by molar-refractivity contribution is -0.149. The lowest BCUT2D eigenvalue weighted by Crippen LogP contribution is -2.60. The van der Waals surface area contributed by atoms with Crippen LogP contribution in [0.1, 0.15) is 20.8 Å². The Morgan fingerprint density at radius 3 is 2.68 bits per heavy atom. The zero-order valence-electron chi connectivity index (χ0n) is 12.0. The fourth-order valence-electron chi connectivity index (χ4n) is 2.20. The highest BCUT2D eigenvalue weighted by Gasteiger charge is 2.36. The molecule has 0 radical (unpaired) electrons. The van der Waals surface area contributed by atoms with Gasteiger partial charge in [0.05, 0.1) is 17.7 Å². The summed E-state index contributed by atoms with van der Waals surface area (Å²) in [5.41, 5.74) is 5.29. The van der Waals surface area contributed by atoms with Gasteiger partial charge in [0.2, 0.25) is 5.91 Å². The fourth-order valence-corrected chi connectivity index (χ4v) is 2.20. The highest BCUT2D eigenvalue weighted by atomic mass is 16.5. The van der Waals surface area contributed by atoms with E-state index in [0.29, 0.717) is 19.6 Å². The number of imide groups is 1. The third-order valence-electron chi connectivity index (χ3n) is 3.16. The summed E-state index contributed by atoms with van der Waals surface area (Å²) in [7, 11) is 1.47. The molecule has 2 atom stereocenters. The molecular formula is C12H24N4O3. The van der Waals surface area contributed by atoms with E-state index in [0.717, 1.165) is 0 Å². The van der Waals surface area contributed by atoms with Crippen molar-refractivity contribution in [2.24, 2.45) is 5.73 Å². The monoisotopic (exact) mass is 272 g/mol. The first-order chi connectivity index (χ1) is 8.79. The van der Waals surface area contributed by atoms with Gasteiger partial charge >= 0.3 is 6.03 Å². The quantitative estimate of drug-likeness (QED) is 0.629. The number of urea groups is 1. The van der Waals surface area contributed by atoms with E-state index in [9.17, 15) is 9.59 Å². The molecule has 1 heterocycles. The van der Waals surface area contributed by atoms with Crippen LogP contribution >= 0.6 is 0 Å². The zero-order chi connectivity index (χ0) is 14.6. The molecule has 1 aliphatic heterocycles. The number of morpholine rings is 1. The van der Waals surface area contributed by atoms with Crippen molar-refractivity contribution in [2.75, 3.05) is 26.7 Å². The molecule has 3 amide bonds. The van der Waals surface area contributed by atoms with Gasteiger partial charge in [-0.2, -0.15) is 0 Å². The van der Waals surface area contributed by atoms with Gasteiger partial charge in [0.25, 0.3) is 0 Å². The third-order valence-corrected chi connectivity index (χ3v) is 3.16. The van der Waals surface area contributed by atoms with Crippen LogP contribution in [0.2, 0.25) is 0 Å². The Hall–Kier alpha value is -1.18. The molecule has 0 aliphatic carbocycles. The lowest BCUT2D eigenvalue weighted by Gasteiger charge is -2.44. The first kappa shape index (κ1) is 15.9. The summed E-state index contributed by atoms with van der Waals surface area (Å²) in [6, 6.07) is -0.908. The molecular weight excluding hydrogens is 248 g/mol. The molecule has 0 aromatic carbocycles. The first-order valence-electron chi connectivity index (χ1n) is 6.43. The van der Waals surface area contributed by atoms with Crippen molar-refractivity contribution < 1.29 is 14.3 Å². The molecule has 1 fully saturated rings. The van der Waals surface area contributed by atoms with Crippen LogP contribution in [-0.4, -0.2) is 61.3 Å². The van der Waals surface area contributed by atoms with Crippen LogP contribution in [0, 0.1) is 0 Å². The number of rotatable bonds is 3. The minimum atomic E-state index is -0.500. The van der Waals surface area contributed by atoms with Gasteiger partial charge in [0.15, 0.2) is 0 Å². The summed E-state index contributed by atoms with van der Waals surface area (Å²) in [4.78, 5) is 25.1. The molecule has 0 bridgehead atoms. The minimum absolute atomic E-state index is 0.0981. The summed E-state index contributed by atoms with van der Waals surface area (Å²) < 4.78 is 5.81. The third kappa shape index (κ3) is 4.45. The van der Waals surface area contributed by atoms with Crippen LogP contribution < -0.4 is 16.4 Å². The molecule has 4 N–H and O–H groups in total. The lowest BCUT2D eigenvalue weighted by atomic mass is 10.0. The SMILES string of the molecule is CNC(=O)NC(=O)C(C)N1CC(CN)OC(C)(C)C1. The second-order valence-electron chi connectivity index (χ2n) is 5.41. The molecule has 2 unspecified atom stereocenters. The smallest absolute Gasteiger partial charge is 0.321 e. The Balaban J connectivity index is 2.67. The van der Waals surface area contributed by atoms with Gasteiger partial charge in [-0.05, 0) is 20.8 Å². The van der Waals surface area contributed by atoms with Crippen LogP contribution in [0.4, 0.5) is 4.79 Å². The molecule has 1 saturated heterocycles. The summed E-state index contributed by atoms with van der Waals surface area (Å²) in [5, 5.41) is 4.64. The average molecular weight is 272 g/mol. The molecule has 19 heavy (non-hydrogen) atoms. The summed E-state index contributed by atoms with van der Waals surface area (Å²) in [6.07, 6.45) is -0.0981. The van der Waals surface area contributed by atoms with Gasteiger partial charge in [-0.15, -0.1) is 0 Å². The Bertz CT molecular complexity index is 346. The van der Waals surface area contributed by atoms with Crippen LogP contribution in [0.5, 0.6) is 0 Å². The molecule has 0 aromatic rings. The standard InChI is InChI=1S/C12H24N4O3/c1-8(10(17)15-11(18)14-4)16-6-9(5-13)19-12(2,3)7-16/h8-9H,5-7,13H2,1-4H3,(H2,14,15,17,18). The maximum atomic E-state index is 11.9. The number of nitrogens with one attached hydrogen (secondary N) is 2. The van der Waals surface area contributed by atoms with E-state index in [1.165, 1.54) is 7.05 Å². The molecule has 1 rings (SSSR count). The van der Waals surface area contributed by atoms with E-state index in [2.05, 4.69) is 10.6 Å². The number of nitrogens with zero attached hydrogens (tertiary/aromatic N) is 1. The second-order valence-corrected chi connectivity index (χ2v) is 5.41. The predicted octanol–water partition coefficient (Wildman–Crippen LogP) is -0.731. The summed E-state index contributed by atoms with van der Waals surface area (Å²) in [6.45, 7) is 7.31. The van der Waals surface area contributed by atoms with Gasteiger partial charge < -0.3 is 15.8 Å². The number of nitrogens with two attached hydrogens (primary N) is 1. The van der Waals surface area contributed by atoms with E-state index < -0.39 is 12.1 Å². The number of ether oxygens (including phenoxy) is 1. The number of hydrogen-bond donors (Lipinski definition) is 3. The Kier molecular flexibility index (Phi) is 5.28. The van der Waals surface area contributed by atoms with Crippen molar-refractivity contribution in [1.82, 2.24) is 15.5 Å². The molecule has 0 spiro atoms. The van der Waals surface area contributed by atoms with Crippen molar-refractivity contribution in [3.63, 3.8) is 0 Å². The van der Waals surface area contributed by atoms with Gasteiger partial charge in [-0.25, -0.2) is 4.79 Å². The van der Waals surface area contributed by atoms with E-state index in [-0.39, 0.29) is 17.6 Å². The second kappa shape index (κ2) is 6.31. The van der Waals surface area contributed by atoms with Crippen LogP contribution in [0.3, 0.4) is 0 Å². The number of hydrogen-bond acceptors (Lipinski definition) is 5. The van der Waals surface area contributed by atoms with Crippen molar-refractivity contribution in [3.8, 4) is 0 Å². The Morgan fingerprint density at radius 2 is 2.16 bits per heavy atom. The molecule has 1 aliphatic rings. The van der Waals surface area contributed by atoms with E-state index in [4.69, 9.17) is 10.5 Å². The van der Waals surface area contributed by atoms with Gasteiger partial charge in [-0.3, -0.25) is 15.0 Å². The van der Waals surface area contributed by atoms with Gasteiger partial charge in [-0.1, -0.05) is 0 Å². The molecule has 0 saturated carbocycles. The van der Waals surface area contributed by atoms with Crippen LogP contribution in [0.15, 0.2) is 0 Å². The van der Waals surface area contributed by atoms with Crippen molar-refractivity contribution in [1.29, 1.82) is 0 Å². The average Bonchev–Trinajstić information content (AvgIpc) is 2.35. The summed E-state index contributed by atoms with van der Waals surface area (Å²) >= 11 is 0. The number of carbonyl (C=O) groups is 2. The van der Waals surface area contributed by atoms with Crippen molar-refractivity contribution in [2.45, 2.75) is 38.5 Å². The van der Waals surface area contributed by atoms with Crippen molar-refractivity contribution >= 4 is 11.9 Å². The highest BCUT2D eigenvalue weighted by Crippen LogP contribution is 2.22. The summed E-state index contributed by atoms with van der Waals surface area (Å²) in [5.74, 6) is -0.326. The molecule has 110 valence electrons. The fraction of sp³-hybridized carbons (Fsp3) is 0.833. The highest BCUT2D eigenvalue weighted by molar-refractivity contribution is 5.96. The normalized spacial score (nSPS) is 24.6. The van der Waals surface area contributed by atoms with Gasteiger partial charge in [0.1, 0.15) is 0 Å². The minimum Gasteiger partial charge on any atom is -0.368 e. The topological polar surface area (TPSA) is 96.7 Å². The Labute approximate surface area is 113 Å². The largest absolute Gasteiger partial charge is 0.368 e. The number of amides is 3. The maximum Gasteiger partial charge on any atom is 0.321 e. The zero-order valence-corrected chi connectivity index (χ0v) is 12.0. The van der Waals surface area contributed by atoms with E-state index in [1.807, 2.05) is 18.7 Å². The van der Waals surface area contributed by atoms with Gasteiger partial charge in [0, 0.05) is 26.7 Å². The first-order valence-corrected chi connectivity index (χ1v) is 6.43.